The lowest BCUT2D eigenvalue weighted by atomic mass is 9.97. The zero-order valence-electron chi connectivity index (χ0n) is 15.4. The van der Waals surface area contributed by atoms with Crippen molar-refractivity contribution in [3.8, 4) is 11.5 Å². The second-order valence-electron chi connectivity index (χ2n) is 6.75. The van der Waals surface area contributed by atoms with Crippen molar-refractivity contribution < 1.29 is 15.0 Å². The molecule has 6 nitrogen and oxygen atoms in total. The van der Waals surface area contributed by atoms with Gasteiger partial charge in [-0.1, -0.05) is 11.8 Å². The number of phenols is 2. The Morgan fingerprint density at radius 1 is 1.29 bits per heavy atom. The van der Waals surface area contributed by atoms with Gasteiger partial charge in [0.05, 0.1) is 16.7 Å². The molecule has 0 aliphatic heterocycles. The largest absolute Gasteiger partial charge is 0.508 e. The van der Waals surface area contributed by atoms with Gasteiger partial charge in [-0.3, -0.25) is 14.2 Å². The predicted molar refractivity (Wildman–Crippen MR) is 111 cm³/mol. The summed E-state index contributed by atoms with van der Waals surface area (Å²) >= 11 is 2.79. The number of carbonyl (C=O) groups excluding carboxylic acids is 1. The number of benzene rings is 1. The first kappa shape index (κ1) is 19.0. The van der Waals surface area contributed by atoms with Crippen molar-refractivity contribution in [2.75, 3.05) is 5.75 Å². The van der Waals surface area contributed by atoms with E-state index in [-0.39, 0.29) is 34.2 Å². The first-order valence-corrected chi connectivity index (χ1v) is 11.0. The number of Topliss-reactive ketones (excluding diaryl/α,β-unsaturated/α-hetero) is 1. The van der Waals surface area contributed by atoms with Crippen LogP contribution in [0.15, 0.2) is 28.2 Å². The highest BCUT2D eigenvalue weighted by Crippen LogP contribution is 2.35. The van der Waals surface area contributed by atoms with Gasteiger partial charge in [-0.15, -0.1) is 11.3 Å². The van der Waals surface area contributed by atoms with Gasteiger partial charge in [0, 0.05) is 17.5 Å². The van der Waals surface area contributed by atoms with Gasteiger partial charge in [-0.25, -0.2) is 4.98 Å². The maximum absolute atomic E-state index is 13.1. The molecule has 2 heterocycles. The number of aromatic hydroxyl groups is 2. The molecule has 0 saturated carbocycles. The predicted octanol–water partition coefficient (Wildman–Crippen LogP) is 3.74. The molecule has 0 bridgehead atoms. The Hall–Kier alpha value is -2.32. The van der Waals surface area contributed by atoms with Gasteiger partial charge in [0.25, 0.3) is 5.56 Å². The van der Waals surface area contributed by atoms with Crippen LogP contribution in [-0.4, -0.2) is 31.3 Å². The summed E-state index contributed by atoms with van der Waals surface area (Å²) in [6.45, 7) is 2.37. The third-order valence-corrected chi connectivity index (χ3v) is 7.13. The summed E-state index contributed by atoms with van der Waals surface area (Å²) in [4.78, 5) is 32.3. The summed E-state index contributed by atoms with van der Waals surface area (Å²) in [6, 6.07) is 3.89. The number of hydrogen-bond donors (Lipinski definition) is 2. The van der Waals surface area contributed by atoms with E-state index in [1.54, 1.807) is 15.9 Å². The number of ketones is 1. The Kier molecular flexibility index (Phi) is 5.16. The van der Waals surface area contributed by atoms with Crippen molar-refractivity contribution in [3.05, 3.63) is 44.6 Å². The molecule has 2 aromatic heterocycles. The molecular formula is C20H20N2O4S2. The molecule has 1 aliphatic carbocycles. The first-order chi connectivity index (χ1) is 13.5. The number of aromatic nitrogens is 2. The van der Waals surface area contributed by atoms with Crippen molar-refractivity contribution >= 4 is 39.1 Å². The van der Waals surface area contributed by atoms with Gasteiger partial charge in [0.2, 0.25) is 0 Å². The molecular weight excluding hydrogens is 396 g/mol. The summed E-state index contributed by atoms with van der Waals surface area (Å²) in [5, 5.41) is 20.5. The van der Waals surface area contributed by atoms with E-state index in [9.17, 15) is 19.8 Å². The fourth-order valence-electron chi connectivity index (χ4n) is 3.57. The van der Waals surface area contributed by atoms with E-state index >= 15 is 0 Å². The monoisotopic (exact) mass is 416 g/mol. The number of aryl methyl sites for hydroxylation is 2. The summed E-state index contributed by atoms with van der Waals surface area (Å²) in [7, 11) is 0. The van der Waals surface area contributed by atoms with Crippen LogP contribution in [-0.2, 0) is 19.4 Å². The molecule has 1 aliphatic rings. The van der Waals surface area contributed by atoms with Gasteiger partial charge in [-0.2, -0.15) is 0 Å². The lowest BCUT2D eigenvalue weighted by molar-refractivity contribution is 0.102. The minimum absolute atomic E-state index is 0.0330. The van der Waals surface area contributed by atoms with Gasteiger partial charge in [0.1, 0.15) is 16.3 Å². The Labute approximate surface area is 169 Å². The molecule has 8 heteroatoms. The third-order valence-electron chi connectivity index (χ3n) is 4.97. The van der Waals surface area contributed by atoms with Crippen LogP contribution in [0.5, 0.6) is 11.5 Å². The summed E-state index contributed by atoms with van der Waals surface area (Å²) in [5.74, 6) is -0.602. The quantitative estimate of drug-likeness (QED) is 0.374. The van der Waals surface area contributed by atoms with Crippen molar-refractivity contribution in [1.29, 1.82) is 0 Å². The van der Waals surface area contributed by atoms with E-state index in [1.807, 2.05) is 6.92 Å². The SMILES string of the molecule is CCn1c(SCC(=O)c2ccc(O)cc2O)nc2sc3c(c2c1=O)CCCC3. The number of fused-ring (bicyclic) bond motifs is 3. The van der Waals surface area contributed by atoms with Crippen molar-refractivity contribution in [2.45, 2.75) is 44.3 Å². The molecule has 0 saturated heterocycles. The average molecular weight is 417 g/mol. The summed E-state index contributed by atoms with van der Waals surface area (Å²) in [5.41, 5.74) is 1.27. The Morgan fingerprint density at radius 3 is 2.82 bits per heavy atom. The maximum Gasteiger partial charge on any atom is 0.263 e. The molecule has 0 unspecified atom stereocenters. The van der Waals surface area contributed by atoms with Crippen LogP contribution in [0.2, 0.25) is 0 Å². The van der Waals surface area contributed by atoms with E-state index in [4.69, 9.17) is 4.98 Å². The Morgan fingerprint density at radius 2 is 2.07 bits per heavy atom. The third kappa shape index (κ3) is 3.31. The molecule has 1 aromatic carbocycles. The minimum Gasteiger partial charge on any atom is -0.508 e. The van der Waals surface area contributed by atoms with Gasteiger partial charge < -0.3 is 10.2 Å². The number of nitrogens with zero attached hydrogens (tertiary/aromatic N) is 2. The van der Waals surface area contributed by atoms with Gasteiger partial charge >= 0.3 is 0 Å². The highest BCUT2D eigenvalue weighted by Gasteiger charge is 2.22. The van der Waals surface area contributed by atoms with Crippen LogP contribution >= 0.6 is 23.1 Å². The summed E-state index contributed by atoms with van der Waals surface area (Å²) in [6.07, 6.45) is 4.18. The van der Waals surface area contributed by atoms with E-state index in [1.165, 1.54) is 28.8 Å². The van der Waals surface area contributed by atoms with Crippen molar-refractivity contribution in [1.82, 2.24) is 9.55 Å². The van der Waals surface area contributed by atoms with Gasteiger partial charge in [-0.05, 0) is 50.3 Å². The number of carbonyl (C=O) groups is 1. The van der Waals surface area contributed by atoms with Crippen molar-refractivity contribution in [2.24, 2.45) is 0 Å². The number of thiophene rings is 1. The topological polar surface area (TPSA) is 92.4 Å². The molecule has 0 atom stereocenters. The number of phenolic OH excluding ortho intramolecular Hbond substituents is 2. The van der Waals surface area contributed by atoms with Crippen LogP contribution in [0.4, 0.5) is 0 Å². The molecule has 0 fully saturated rings. The van der Waals surface area contributed by atoms with Crippen LogP contribution in [0.25, 0.3) is 10.2 Å². The maximum atomic E-state index is 13.1. The number of hydrogen-bond acceptors (Lipinski definition) is 7. The van der Waals surface area contributed by atoms with Crippen molar-refractivity contribution in [3.63, 3.8) is 0 Å². The highest BCUT2D eigenvalue weighted by molar-refractivity contribution is 7.99. The first-order valence-electron chi connectivity index (χ1n) is 9.22. The van der Waals surface area contributed by atoms with E-state index in [0.717, 1.165) is 47.5 Å². The Balaban J connectivity index is 1.67. The molecule has 4 rings (SSSR count). The Bertz CT molecular complexity index is 1130. The van der Waals surface area contributed by atoms with E-state index in [0.29, 0.717) is 11.7 Å². The molecule has 2 N–H and O–H groups in total. The van der Waals surface area contributed by atoms with Crippen LogP contribution < -0.4 is 5.56 Å². The van der Waals surface area contributed by atoms with Gasteiger partial charge in [0.15, 0.2) is 10.9 Å². The smallest absolute Gasteiger partial charge is 0.263 e. The second-order valence-corrected chi connectivity index (χ2v) is 8.77. The lowest BCUT2D eigenvalue weighted by Crippen LogP contribution is -2.23. The second kappa shape index (κ2) is 7.60. The van der Waals surface area contributed by atoms with Crippen LogP contribution in [0, 0.1) is 0 Å². The molecule has 0 amide bonds. The fraction of sp³-hybridized carbons (Fsp3) is 0.350. The molecule has 146 valence electrons. The zero-order chi connectivity index (χ0) is 19.8. The number of thioether (sulfide) groups is 1. The summed E-state index contributed by atoms with van der Waals surface area (Å²) < 4.78 is 1.62. The normalized spacial score (nSPS) is 13.6. The average Bonchev–Trinajstić information content (AvgIpc) is 3.04. The molecule has 28 heavy (non-hydrogen) atoms. The van der Waals surface area contributed by atoms with E-state index in [2.05, 4.69) is 0 Å². The minimum atomic E-state index is -0.287. The van der Waals surface area contributed by atoms with E-state index < -0.39 is 0 Å². The zero-order valence-corrected chi connectivity index (χ0v) is 17.0. The molecule has 3 aromatic rings. The lowest BCUT2D eigenvalue weighted by Gasteiger charge is -2.12. The standard InChI is InChI=1S/C20H20N2O4S2/c1-2-22-19(26)17-13-5-3-4-6-16(13)28-18(17)21-20(22)27-10-15(25)12-8-7-11(23)9-14(12)24/h7-9,23-24H,2-6,10H2,1H3. The number of rotatable bonds is 5. The highest BCUT2D eigenvalue weighted by atomic mass is 32.2. The van der Waals surface area contributed by atoms with Crippen LogP contribution in [0.3, 0.4) is 0 Å². The van der Waals surface area contributed by atoms with Crippen LogP contribution in [0.1, 0.15) is 40.6 Å². The fourth-order valence-corrected chi connectivity index (χ4v) is 5.82. The molecule has 0 spiro atoms. The molecule has 0 radical (unpaired) electrons.